The van der Waals surface area contributed by atoms with Gasteiger partial charge in [-0.15, -0.1) is 0 Å². The molecule has 0 aromatic rings. The highest BCUT2D eigenvalue weighted by Gasteiger charge is 2.02. The van der Waals surface area contributed by atoms with Crippen molar-refractivity contribution in [3.05, 3.63) is 60.3 Å². The number of hydrogen-bond donors (Lipinski definition) is 0. The minimum atomic E-state index is 1.02. The van der Waals surface area contributed by atoms with Gasteiger partial charge < -0.3 is 0 Å². The third-order valence-electron chi connectivity index (χ3n) is 2.29. The first-order valence-corrected chi connectivity index (χ1v) is 5.18. The van der Waals surface area contributed by atoms with Crippen LogP contribution in [0.1, 0.15) is 26.2 Å². The zero-order chi connectivity index (χ0) is 10.2. The molecule has 0 saturated carbocycles. The maximum atomic E-state index is 3.83. The van der Waals surface area contributed by atoms with Crippen LogP contribution in [0.4, 0.5) is 0 Å². The van der Waals surface area contributed by atoms with Crippen LogP contribution in [0.3, 0.4) is 0 Å². The topological polar surface area (TPSA) is 0 Å². The molecule has 0 aromatic carbocycles. The van der Waals surface area contributed by atoms with Gasteiger partial charge in [-0.25, -0.2) is 0 Å². The largest absolute Gasteiger partial charge is 0.0985 e. The second kappa shape index (κ2) is 6.20. The summed E-state index contributed by atoms with van der Waals surface area (Å²) in [7, 11) is 0. The fourth-order valence-corrected chi connectivity index (χ4v) is 1.55. The highest BCUT2D eigenvalue weighted by Crippen LogP contribution is 2.22. The van der Waals surface area contributed by atoms with E-state index in [1.807, 2.05) is 19.1 Å². The summed E-state index contributed by atoms with van der Waals surface area (Å²) in [6, 6.07) is 0. The van der Waals surface area contributed by atoms with E-state index in [-0.39, 0.29) is 0 Å². The summed E-state index contributed by atoms with van der Waals surface area (Å²) in [5, 5.41) is 0. The number of allylic oxidation sites excluding steroid dienone is 9. The average Bonchev–Trinajstić information content (AvgIpc) is 2.25. The maximum absolute atomic E-state index is 3.83. The van der Waals surface area contributed by atoms with Gasteiger partial charge in [0.1, 0.15) is 0 Å². The first kappa shape index (κ1) is 10.8. The molecule has 74 valence electrons. The van der Waals surface area contributed by atoms with E-state index in [0.717, 1.165) is 12.8 Å². The molecule has 0 atom stereocenters. The molecule has 0 saturated heterocycles. The Morgan fingerprint density at radius 3 is 2.79 bits per heavy atom. The van der Waals surface area contributed by atoms with Crippen molar-refractivity contribution in [2.45, 2.75) is 26.2 Å². The first-order valence-electron chi connectivity index (χ1n) is 5.18. The highest BCUT2D eigenvalue weighted by molar-refractivity contribution is 5.42. The van der Waals surface area contributed by atoms with E-state index < -0.39 is 0 Å². The summed E-state index contributed by atoms with van der Waals surface area (Å²) in [5.74, 6) is 0. The van der Waals surface area contributed by atoms with Crippen molar-refractivity contribution in [2.24, 2.45) is 0 Å². The molecule has 0 unspecified atom stereocenters. The minimum Gasteiger partial charge on any atom is -0.0985 e. The molecule has 0 radical (unpaired) electrons. The molecule has 0 fully saturated rings. The molecule has 0 amide bonds. The molecule has 0 spiro atoms. The van der Waals surface area contributed by atoms with Crippen molar-refractivity contribution < 1.29 is 0 Å². The van der Waals surface area contributed by atoms with E-state index >= 15 is 0 Å². The molecule has 0 aromatic heterocycles. The van der Waals surface area contributed by atoms with Crippen LogP contribution < -0.4 is 0 Å². The van der Waals surface area contributed by atoms with Gasteiger partial charge in [-0.1, -0.05) is 49.1 Å². The predicted octanol–water partition coefficient (Wildman–Crippen LogP) is 4.34. The summed E-state index contributed by atoms with van der Waals surface area (Å²) >= 11 is 0. The third kappa shape index (κ3) is 3.21. The quantitative estimate of drug-likeness (QED) is 0.573. The molecule has 1 rings (SSSR count). The Kier molecular flexibility index (Phi) is 4.77. The van der Waals surface area contributed by atoms with Gasteiger partial charge in [-0.05, 0) is 37.3 Å². The van der Waals surface area contributed by atoms with Crippen molar-refractivity contribution >= 4 is 0 Å². The summed E-state index contributed by atoms with van der Waals surface area (Å²) in [6.07, 6.45) is 18.3. The van der Waals surface area contributed by atoms with Gasteiger partial charge in [0, 0.05) is 0 Å². The SMILES string of the molecule is C=CC1=CCCC=C1C/C=C\C=C/C. The molecule has 0 bridgehead atoms. The Morgan fingerprint density at radius 2 is 2.07 bits per heavy atom. The Labute approximate surface area is 87.0 Å². The third-order valence-corrected chi connectivity index (χ3v) is 2.29. The van der Waals surface area contributed by atoms with E-state index in [2.05, 4.69) is 37.0 Å². The minimum absolute atomic E-state index is 1.02. The fraction of sp³-hybridized carbons (Fsp3) is 0.286. The Hall–Kier alpha value is -1.30. The molecule has 0 heteroatoms. The monoisotopic (exact) mass is 186 g/mol. The Bertz CT molecular complexity index is 298. The van der Waals surface area contributed by atoms with Crippen LogP contribution in [0.25, 0.3) is 0 Å². The lowest BCUT2D eigenvalue weighted by Gasteiger charge is -2.10. The van der Waals surface area contributed by atoms with Gasteiger partial charge in [0.05, 0.1) is 0 Å². The fourth-order valence-electron chi connectivity index (χ4n) is 1.55. The van der Waals surface area contributed by atoms with Gasteiger partial charge in [-0.2, -0.15) is 0 Å². The number of hydrogen-bond acceptors (Lipinski definition) is 0. The van der Waals surface area contributed by atoms with Crippen LogP contribution in [0.2, 0.25) is 0 Å². The summed E-state index contributed by atoms with van der Waals surface area (Å²) in [5.41, 5.74) is 2.72. The van der Waals surface area contributed by atoms with E-state index in [1.54, 1.807) is 0 Å². The van der Waals surface area contributed by atoms with Crippen molar-refractivity contribution in [1.82, 2.24) is 0 Å². The van der Waals surface area contributed by atoms with Crippen molar-refractivity contribution in [3.63, 3.8) is 0 Å². The van der Waals surface area contributed by atoms with Crippen molar-refractivity contribution in [3.8, 4) is 0 Å². The summed E-state index contributed by atoms with van der Waals surface area (Å²) in [4.78, 5) is 0. The lowest BCUT2D eigenvalue weighted by Crippen LogP contribution is -1.91. The van der Waals surface area contributed by atoms with E-state index in [4.69, 9.17) is 0 Å². The van der Waals surface area contributed by atoms with Crippen LogP contribution in [-0.2, 0) is 0 Å². The predicted molar refractivity (Wildman–Crippen MR) is 64.2 cm³/mol. The second-order valence-corrected chi connectivity index (χ2v) is 3.33. The van der Waals surface area contributed by atoms with Gasteiger partial charge in [0.15, 0.2) is 0 Å². The van der Waals surface area contributed by atoms with Crippen LogP contribution in [0, 0.1) is 0 Å². The standard InChI is InChI=1S/C14H18/c1-3-5-6-7-11-14-12-9-8-10-13(14)4-2/h3-7,10,12H,2,8-9,11H2,1H3/b5-3-,7-6-. The van der Waals surface area contributed by atoms with E-state index in [1.165, 1.54) is 17.6 Å². The number of rotatable bonds is 4. The Balaban J connectivity index is 2.55. The van der Waals surface area contributed by atoms with Crippen molar-refractivity contribution in [1.29, 1.82) is 0 Å². The molecule has 1 aliphatic carbocycles. The van der Waals surface area contributed by atoms with Gasteiger partial charge in [-0.3, -0.25) is 0 Å². The first-order chi connectivity index (χ1) is 6.88. The van der Waals surface area contributed by atoms with Crippen molar-refractivity contribution in [2.75, 3.05) is 0 Å². The zero-order valence-electron chi connectivity index (χ0n) is 8.87. The van der Waals surface area contributed by atoms with Gasteiger partial charge >= 0.3 is 0 Å². The second-order valence-electron chi connectivity index (χ2n) is 3.33. The zero-order valence-corrected chi connectivity index (χ0v) is 8.87. The van der Waals surface area contributed by atoms with Crippen LogP contribution in [0.5, 0.6) is 0 Å². The molecule has 0 nitrogen and oxygen atoms in total. The van der Waals surface area contributed by atoms with Crippen LogP contribution >= 0.6 is 0 Å². The van der Waals surface area contributed by atoms with Crippen LogP contribution in [-0.4, -0.2) is 0 Å². The molecule has 0 N–H and O–H groups in total. The molecule has 1 aliphatic rings. The lowest BCUT2D eigenvalue weighted by molar-refractivity contribution is 0.985. The normalized spacial score (nSPS) is 17.2. The van der Waals surface area contributed by atoms with Gasteiger partial charge in [0.25, 0.3) is 0 Å². The average molecular weight is 186 g/mol. The smallest absolute Gasteiger partial charge is 0.00917 e. The van der Waals surface area contributed by atoms with E-state index in [9.17, 15) is 0 Å². The van der Waals surface area contributed by atoms with Crippen LogP contribution in [0.15, 0.2) is 60.3 Å². The lowest BCUT2D eigenvalue weighted by atomic mass is 9.95. The summed E-state index contributed by atoms with van der Waals surface area (Å²) < 4.78 is 0. The highest BCUT2D eigenvalue weighted by atomic mass is 14.1. The molecule has 0 aliphatic heterocycles. The molecular weight excluding hydrogens is 168 g/mol. The summed E-state index contributed by atoms with van der Waals surface area (Å²) in [6.45, 7) is 5.86. The Morgan fingerprint density at radius 1 is 1.29 bits per heavy atom. The molecular formula is C14H18. The van der Waals surface area contributed by atoms with E-state index in [0.29, 0.717) is 0 Å². The maximum Gasteiger partial charge on any atom is -0.00917 e. The molecule has 14 heavy (non-hydrogen) atoms. The molecule has 0 heterocycles. The van der Waals surface area contributed by atoms with Gasteiger partial charge in [0.2, 0.25) is 0 Å².